The minimum atomic E-state index is -0.978. The molecular weight excluding hydrogens is 284 g/mol. The third kappa shape index (κ3) is 2.10. The molecule has 2 rings (SSSR count). The van der Waals surface area contributed by atoms with E-state index in [0.717, 1.165) is 5.56 Å². The predicted molar refractivity (Wildman–Crippen MR) is 68.0 cm³/mol. The molecule has 0 spiro atoms. The lowest BCUT2D eigenvalue weighted by Gasteiger charge is -1.98. The van der Waals surface area contributed by atoms with Gasteiger partial charge in [0.15, 0.2) is 5.69 Å². The first-order chi connectivity index (χ1) is 8.15. The summed E-state index contributed by atoms with van der Waals surface area (Å²) in [7, 11) is 0. The van der Waals surface area contributed by atoms with Crippen LogP contribution >= 0.6 is 15.9 Å². The number of benzene rings is 1. The molecule has 0 aliphatic heterocycles. The first-order valence-corrected chi connectivity index (χ1v) is 5.99. The van der Waals surface area contributed by atoms with Gasteiger partial charge in [0.25, 0.3) is 0 Å². The molecule has 1 aromatic heterocycles. The number of aromatic nitrogens is 2. The lowest BCUT2D eigenvalue weighted by Crippen LogP contribution is -2.08. The maximum absolute atomic E-state index is 11.2. The summed E-state index contributed by atoms with van der Waals surface area (Å²) < 4.78 is 2.01. The number of nitrogens with zero attached hydrogens (tertiary/aromatic N) is 2. The van der Waals surface area contributed by atoms with Crippen molar-refractivity contribution in [1.82, 2.24) is 9.78 Å². The summed E-state index contributed by atoms with van der Waals surface area (Å²) in [6, 6.07) is 9.50. The predicted octanol–water partition coefficient (Wildman–Crippen LogP) is 3.03. The Kier molecular flexibility index (Phi) is 3.28. The van der Waals surface area contributed by atoms with Gasteiger partial charge in [-0.05, 0) is 22.9 Å². The van der Waals surface area contributed by atoms with E-state index in [1.165, 1.54) is 4.68 Å². The SMILES string of the molecule is CCn1nc(-c2ccccc2)c(Br)c1C(=O)O. The molecule has 0 radical (unpaired) electrons. The molecule has 0 saturated carbocycles. The minimum Gasteiger partial charge on any atom is -0.476 e. The Balaban J connectivity index is 2.61. The van der Waals surface area contributed by atoms with Crippen LogP contribution in [0.4, 0.5) is 0 Å². The van der Waals surface area contributed by atoms with Crippen molar-refractivity contribution in [1.29, 1.82) is 0 Å². The summed E-state index contributed by atoms with van der Waals surface area (Å²) in [4.78, 5) is 11.2. The number of carboxylic acid groups (broad SMARTS) is 1. The van der Waals surface area contributed by atoms with Gasteiger partial charge in [0.05, 0.1) is 4.47 Å². The molecule has 0 aliphatic rings. The van der Waals surface area contributed by atoms with Gasteiger partial charge in [-0.15, -0.1) is 0 Å². The van der Waals surface area contributed by atoms with Gasteiger partial charge in [0, 0.05) is 12.1 Å². The van der Waals surface area contributed by atoms with Gasteiger partial charge in [-0.1, -0.05) is 30.3 Å². The molecule has 0 saturated heterocycles. The molecule has 0 unspecified atom stereocenters. The third-order valence-corrected chi connectivity index (χ3v) is 3.20. The Morgan fingerprint density at radius 1 is 1.41 bits per heavy atom. The molecule has 0 aliphatic carbocycles. The van der Waals surface area contributed by atoms with Gasteiger partial charge in [-0.3, -0.25) is 4.68 Å². The Morgan fingerprint density at radius 3 is 2.53 bits per heavy atom. The molecule has 1 N–H and O–H groups in total. The van der Waals surface area contributed by atoms with Crippen molar-refractivity contribution >= 4 is 21.9 Å². The maximum Gasteiger partial charge on any atom is 0.355 e. The van der Waals surface area contributed by atoms with E-state index in [4.69, 9.17) is 5.11 Å². The van der Waals surface area contributed by atoms with Crippen LogP contribution in [0.5, 0.6) is 0 Å². The zero-order valence-electron chi connectivity index (χ0n) is 9.22. The fourth-order valence-electron chi connectivity index (χ4n) is 1.65. The zero-order chi connectivity index (χ0) is 12.4. The smallest absolute Gasteiger partial charge is 0.355 e. The van der Waals surface area contributed by atoms with Crippen molar-refractivity contribution in [3.05, 3.63) is 40.5 Å². The molecule has 1 aromatic carbocycles. The van der Waals surface area contributed by atoms with Crippen LogP contribution < -0.4 is 0 Å². The molecular formula is C12H11BrN2O2. The molecule has 88 valence electrons. The van der Waals surface area contributed by atoms with Crippen LogP contribution in [0.25, 0.3) is 11.3 Å². The number of halogens is 1. The second-order valence-corrected chi connectivity index (χ2v) is 4.29. The van der Waals surface area contributed by atoms with Crippen molar-refractivity contribution in [3.8, 4) is 11.3 Å². The van der Waals surface area contributed by atoms with E-state index >= 15 is 0 Å². The van der Waals surface area contributed by atoms with Gasteiger partial charge in [0.2, 0.25) is 0 Å². The van der Waals surface area contributed by atoms with Crippen molar-refractivity contribution in [3.63, 3.8) is 0 Å². The van der Waals surface area contributed by atoms with E-state index in [2.05, 4.69) is 21.0 Å². The highest BCUT2D eigenvalue weighted by Gasteiger charge is 2.21. The van der Waals surface area contributed by atoms with Crippen molar-refractivity contribution in [2.45, 2.75) is 13.5 Å². The molecule has 0 amide bonds. The van der Waals surface area contributed by atoms with E-state index in [0.29, 0.717) is 16.7 Å². The van der Waals surface area contributed by atoms with E-state index in [1.54, 1.807) is 0 Å². The Morgan fingerprint density at radius 2 is 2.06 bits per heavy atom. The van der Waals surface area contributed by atoms with Gasteiger partial charge >= 0.3 is 5.97 Å². The maximum atomic E-state index is 11.2. The molecule has 0 bridgehead atoms. The largest absolute Gasteiger partial charge is 0.476 e. The van der Waals surface area contributed by atoms with Crippen molar-refractivity contribution in [2.75, 3.05) is 0 Å². The summed E-state index contributed by atoms with van der Waals surface area (Å²) >= 11 is 3.32. The van der Waals surface area contributed by atoms with Crippen LogP contribution in [0.3, 0.4) is 0 Å². The summed E-state index contributed by atoms with van der Waals surface area (Å²) in [5.41, 5.74) is 1.74. The lowest BCUT2D eigenvalue weighted by molar-refractivity contribution is 0.0682. The van der Waals surface area contributed by atoms with Gasteiger partial charge in [-0.2, -0.15) is 5.10 Å². The lowest BCUT2D eigenvalue weighted by atomic mass is 10.1. The van der Waals surface area contributed by atoms with Gasteiger partial charge in [0.1, 0.15) is 5.69 Å². The number of aryl methyl sites for hydroxylation is 1. The molecule has 0 atom stereocenters. The second kappa shape index (κ2) is 4.71. The minimum absolute atomic E-state index is 0.186. The fourth-order valence-corrected chi connectivity index (χ4v) is 2.34. The standard InChI is InChI=1S/C12H11BrN2O2/c1-2-15-11(12(16)17)9(13)10(14-15)8-6-4-3-5-7-8/h3-7H,2H2,1H3,(H,16,17). The molecule has 17 heavy (non-hydrogen) atoms. The third-order valence-electron chi connectivity index (χ3n) is 2.44. The molecule has 4 nitrogen and oxygen atoms in total. The summed E-state index contributed by atoms with van der Waals surface area (Å²) in [5.74, 6) is -0.978. The first-order valence-electron chi connectivity index (χ1n) is 5.20. The number of hydrogen-bond donors (Lipinski definition) is 1. The van der Waals surface area contributed by atoms with Crippen LogP contribution in [-0.4, -0.2) is 20.9 Å². The number of carboxylic acids is 1. The Hall–Kier alpha value is -1.62. The van der Waals surface area contributed by atoms with Gasteiger partial charge in [-0.25, -0.2) is 4.79 Å². The summed E-state index contributed by atoms with van der Waals surface area (Å²) in [6.45, 7) is 2.38. The quantitative estimate of drug-likeness (QED) is 0.947. The van der Waals surface area contributed by atoms with E-state index < -0.39 is 5.97 Å². The van der Waals surface area contributed by atoms with Crippen LogP contribution in [-0.2, 0) is 6.54 Å². The van der Waals surface area contributed by atoms with Crippen LogP contribution in [0, 0.1) is 0 Å². The number of rotatable bonds is 3. The highest BCUT2D eigenvalue weighted by molar-refractivity contribution is 9.10. The monoisotopic (exact) mass is 294 g/mol. The van der Waals surface area contributed by atoms with Crippen LogP contribution in [0.1, 0.15) is 17.4 Å². The van der Waals surface area contributed by atoms with Crippen molar-refractivity contribution < 1.29 is 9.90 Å². The molecule has 1 heterocycles. The van der Waals surface area contributed by atoms with E-state index in [9.17, 15) is 4.79 Å². The topological polar surface area (TPSA) is 55.1 Å². The number of hydrogen-bond acceptors (Lipinski definition) is 2. The number of carbonyl (C=O) groups is 1. The van der Waals surface area contributed by atoms with Crippen molar-refractivity contribution in [2.24, 2.45) is 0 Å². The molecule has 5 heteroatoms. The fraction of sp³-hybridized carbons (Fsp3) is 0.167. The van der Waals surface area contributed by atoms with E-state index in [-0.39, 0.29) is 5.69 Å². The number of aromatic carboxylic acids is 1. The second-order valence-electron chi connectivity index (χ2n) is 3.50. The van der Waals surface area contributed by atoms with Gasteiger partial charge < -0.3 is 5.11 Å². The summed E-state index contributed by atoms with van der Waals surface area (Å²) in [6.07, 6.45) is 0. The average Bonchev–Trinajstić information content (AvgIpc) is 2.67. The normalized spacial score (nSPS) is 10.5. The first kappa shape index (κ1) is 11.9. The van der Waals surface area contributed by atoms with E-state index in [1.807, 2.05) is 37.3 Å². The highest BCUT2D eigenvalue weighted by atomic mass is 79.9. The Bertz CT molecular complexity index is 549. The summed E-state index contributed by atoms with van der Waals surface area (Å²) in [5, 5.41) is 13.5. The average molecular weight is 295 g/mol. The molecule has 0 fully saturated rings. The van der Waals surface area contributed by atoms with Crippen LogP contribution in [0.15, 0.2) is 34.8 Å². The zero-order valence-corrected chi connectivity index (χ0v) is 10.8. The van der Waals surface area contributed by atoms with Crippen LogP contribution in [0.2, 0.25) is 0 Å². The molecule has 2 aromatic rings. The highest BCUT2D eigenvalue weighted by Crippen LogP contribution is 2.30. The Labute approximate surface area is 107 Å².